The van der Waals surface area contributed by atoms with E-state index < -0.39 is 0 Å². The lowest BCUT2D eigenvalue weighted by atomic mass is 10.0. The highest BCUT2D eigenvalue weighted by atomic mass is 32.1. The van der Waals surface area contributed by atoms with Gasteiger partial charge in [-0.15, -0.1) is 56.7 Å². The van der Waals surface area contributed by atoms with Crippen molar-refractivity contribution in [1.29, 1.82) is 0 Å². The Hall–Kier alpha value is -13.3. The second kappa shape index (κ2) is 50.7. The number of nitrogens with zero attached hydrogens (tertiary/aromatic N) is 19. The molecule has 2 aromatic carbocycles. The molecule has 18 rings (SSSR count). The Bertz CT molecular complexity index is 5740. The third-order valence-electron chi connectivity index (χ3n) is 19.2. The van der Waals surface area contributed by atoms with Gasteiger partial charge >= 0.3 is 0 Å². The molecule has 0 bridgehead atoms. The van der Waals surface area contributed by atoms with Crippen LogP contribution in [0.5, 0.6) is 0 Å². The first-order valence-electron chi connectivity index (χ1n) is 43.5. The number of pyridine rings is 7. The molecule has 0 saturated carbocycles. The predicted molar refractivity (Wildman–Crippen MR) is 567 cm³/mol. The van der Waals surface area contributed by atoms with E-state index in [0.717, 1.165) is 92.2 Å². The van der Waals surface area contributed by atoms with Crippen LogP contribution in [0.2, 0.25) is 0 Å². The maximum Gasteiger partial charge on any atom is 0.245 e. The highest BCUT2D eigenvalue weighted by Gasteiger charge is 2.17. The molecule has 0 aliphatic rings. The van der Waals surface area contributed by atoms with Crippen molar-refractivity contribution in [1.82, 2.24) is 92.9 Å². The summed E-state index contributed by atoms with van der Waals surface area (Å²) in [6, 6.07) is 52.6. The van der Waals surface area contributed by atoms with Gasteiger partial charge in [-0.05, 0) is 143 Å². The molecule has 37 heteroatoms. The smallest absolute Gasteiger partial charge is 0.245 e. The summed E-state index contributed by atoms with van der Waals surface area (Å²) in [5.74, 6) is 10.1. The van der Waals surface area contributed by atoms with Crippen molar-refractivity contribution in [2.45, 2.75) is 178 Å². The number of thiazole rings is 5. The fraction of sp³-hybridized carbons (Fsp3) is 0.276. The molecule has 0 atom stereocenters. The number of aromatic nitrogens is 19. The van der Waals surface area contributed by atoms with E-state index in [9.17, 15) is 0 Å². The number of nitrogen functional groups attached to an aromatic ring is 9. The summed E-state index contributed by atoms with van der Waals surface area (Å²) in [6.45, 7) is 38.5. The van der Waals surface area contributed by atoms with Crippen LogP contribution in [0.1, 0.15) is 226 Å². The summed E-state index contributed by atoms with van der Waals surface area (Å²) in [6.07, 6.45) is 11.0. The summed E-state index contributed by atoms with van der Waals surface area (Å²) in [4.78, 5) is 71.9. The minimum absolute atomic E-state index is 0.351. The van der Waals surface area contributed by atoms with E-state index in [1.807, 2.05) is 127 Å². The van der Waals surface area contributed by atoms with Gasteiger partial charge in [0.2, 0.25) is 5.89 Å². The molecule has 0 radical (unpaired) electrons. The molecule has 702 valence electrons. The number of hydrogen-bond donors (Lipinski definition) is 9. The lowest BCUT2D eigenvalue weighted by Gasteiger charge is -2.05. The molecule has 0 aliphatic heterocycles. The molecule has 0 spiro atoms. The van der Waals surface area contributed by atoms with Crippen molar-refractivity contribution in [2.75, 3.05) is 51.6 Å². The summed E-state index contributed by atoms with van der Waals surface area (Å²) in [5, 5.41) is 10.3. The van der Waals surface area contributed by atoms with Crippen molar-refractivity contribution in [3.63, 3.8) is 0 Å². The van der Waals surface area contributed by atoms with Gasteiger partial charge in [-0.3, -0.25) is 9.97 Å². The van der Waals surface area contributed by atoms with Crippen molar-refractivity contribution in [2.24, 2.45) is 0 Å². The zero-order chi connectivity index (χ0) is 97.5. The first-order chi connectivity index (χ1) is 64.5. The molecular weight excluding hydrogens is 1840 g/mol. The SMILES string of the molecule is CC(C)c1ccc(-c2nc(N)cs2)cc1.CC(C)c1ccc(-c2nsc(N)n2)cc1.CC(C)c1ccc(-c2nsc(N)n2)cn1.CC(C)c1ccc(-c2nsc(N)n2)nc1.CC(C)c1cnc(-c2cccc(N)n2)s1.CC(C)c1cnc(-c2cccc(N)n2)s1.CC(C)c1coc(-c2cccc(N)n2)n1.CC(C)c1csc(-c2cccc(N)n2)n1.CC(C)c1ncc(-c2cccc(N)n2)s1. The van der Waals surface area contributed by atoms with Crippen molar-refractivity contribution in [3.8, 4) is 99.1 Å². The highest BCUT2D eigenvalue weighted by Crippen LogP contribution is 2.35. The van der Waals surface area contributed by atoms with Gasteiger partial charge in [0.15, 0.2) is 32.9 Å². The predicted octanol–water partition coefficient (Wildman–Crippen LogP) is 25.1. The molecule has 16 aromatic heterocycles. The van der Waals surface area contributed by atoms with E-state index in [1.165, 1.54) is 61.0 Å². The standard InChI is InChI=1S/C12H14N2S.C11H13N3O.5C11H13N3S.2C10H12N4S/c1-8(2)9-3-5-10(6-4-9)12-14-11(13)7-15-12;1-7(2)9-6-15-11(14-9)8-4-3-5-10(12)13-8;1-7(2)8-3-5-9(6-4-8)10-13-11(12)15-14-10;1-7(2)11-13-6-9(15-11)8-4-3-5-10(12)14-8;1-7(2)9-6-15-11(14-9)8-4-3-5-10(12)13-8;2*1-7(2)9-6-13-11(15-9)8-4-3-5-10(12)14-8;1-6(2)8-4-3-7(5-12-8)9-13-10(11)15-14-9;1-6(2)7-3-4-8(12-5-7)9-13-10(11)15-14-9/h3-8H,13H2,1-2H3;3-7H,1-2H3,(H2,12,13);3-7H,1-2H3,(H2,12,13,14);3-7H,1-2H3,(H2,12,14);3-7H,1-2H3,(H2,12,13);2*3-7H,1-2H3,(H2,12,14);2*3-6H,1-2H3,(H2,11,13,14). The molecule has 29 nitrogen and oxygen atoms in total. The van der Waals surface area contributed by atoms with Crippen LogP contribution >= 0.6 is 91.3 Å². The van der Waals surface area contributed by atoms with E-state index in [0.29, 0.717) is 133 Å². The molecule has 0 fully saturated rings. The fourth-order valence-corrected chi connectivity index (χ4v) is 17.2. The van der Waals surface area contributed by atoms with Gasteiger partial charge in [-0.2, -0.15) is 28.1 Å². The first kappa shape index (κ1) is 104. The summed E-state index contributed by atoms with van der Waals surface area (Å²) in [5.41, 5.74) is 65.2. The Kier molecular flexibility index (Phi) is 39.0. The molecule has 0 aliphatic carbocycles. The molecule has 16 heterocycles. The lowest BCUT2D eigenvalue weighted by molar-refractivity contribution is 0.569. The third-order valence-corrected chi connectivity index (χ3v) is 26.6. The van der Waals surface area contributed by atoms with Gasteiger partial charge in [-0.1, -0.05) is 210 Å². The summed E-state index contributed by atoms with van der Waals surface area (Å²) < 4.78 is 17.7. The summed E-state index contributed by atoms with van der Waals surface area (Å²) in [7, 11) is 0. The molecule has 18 N–H and O–H groups in total. The Morgan fingerprint density at radius 3 is 1.06 bits per heavy atom. The maximum atomic E-state index is 5.64. The number of nitrogens with two attached hydrogens (primary N) is 9. The molecule has 0 amide bonds. The largest absolute Gasteiger partial charge is 0.443 e. The van der Waals surface area contributed by atoms with E-state index in [2.05, 4.69) is 259 Å². The Balaban J connectivity index is 0.000000157. The highest BCUT2D eigenvalue weighted by molar-refractivity contribution is 7.16. The van der Waals surface area contributed by atoms with E-state index >= 15 is 0 Å². The molecule has 18 aromatic rings. The number of hydrogen-bond acceptors (Lipinski definition) is 37. The van der Waals surface area contributed by atoms with Crippen LogP contribution in [-0.2, 0) is 0 Å². The van der Waals surface area contributed by atoms with Gasteiger partial charge in [0.25, 0.3) is 0 Å². The molecule has 0 unspecified atom stereocenters. The van der Waals surface area contributed by atoms with Crippen LogP contribution in [0.4, 0.5) is 50.3 Å². The topological polar surface area (TPSA) is 492 Å². The zero-order valence-corrected chi connectivity index (χ0v) is 85.3. The van der Waals surface area contributed by atoms with Gasteiger partial charge in [0, 0.05) is 114 Å². The van der Waals surface area contributed by atoms with Crippen molar-refractivity contribution in [3.05, 3.63) is 260 Å². The second-order valence-electron chi connectivity index (χ2n) is 33.1. The van der Waals surface area contributed by atoms with Gasteiger partial charge in [0.05, 0.1) is 27.0 Å². The average molecular weight is 1960 g/mol. The van der Waals surface area contributed by atoms with Crippen LogP contribution in [0, 0.1) is 0 Å². The first-order valence-corrected chi connectivity index (χ1v) is 50.1. The van der Waals surface area contributed by atoms with Gasteiger partial charge in [-0.25, -0.2) is 54.8 Å². The van der Waals surface area contributed by atoms with E-state index in [-0.39, 0.29) is 0 Å². The average Bonchev–Trinajstić information content (AvgIpc) is 1.71. The normalized spacial score (nSPS) is 10.9. The molecular formula is C98H116N28OS8. The second-order valence-corrected chi connectivity index (χ2v) is 40.4. The van der Waals surface area contributed by atoms with Crippen LogP contribution < -0.4 is 51.6 Å². The third kappa shape index (κ3) is 32.2. The van der Waals surface area contributed by atoms with Crippen LogP contribution in [-0.4, -0.2) is 92.9 Å². The number of rotatable bonds is 18. The van der Waals surface area contributed by atoms with Gasteiger partial charge in [0.1, 0.15) is 89.7 Å². The fourth-order valence-electron chi connectivity index (χ4n) is 11.5. The Labute approximate surface area is 821 Å². The number of oxazole rings is 1. The minimum Gasteiger partial charge on any atom is -0.443 e. The number of benzene rings is 2. The van der Waals surface area contributed by atoms with Gasteiger partial charge < -0.3 is 56.0 Å². The Morgan fingerprint density at radius 2 is 0.681 bits per heavy atom. The zero-order valence-electron chi connectivity index (χ0n) is 78.8. The van der Waals surface area contributed by atoms with Crippen LogP contribution in [0.3, 0.4) is 0 Å². The monoisotopic (exact) mass is 1960 g/mol. The van der Waals surface area contributed by atoms with E-state index in [4.69, 9.17) is 56.0 Å². The van der Waals surface area contributed by atoms with Crippen molar-refractivity contribution >= 4 is 142 Å². The molecule has 135 heavy (non-hydrogen) atoms. The van der Waals surface area contributed by atoms with Crippen LogP contribution in [0.25, 0.3) is 99.1 Å². The van der Waals surface area contributed by atoms with Crippen LogP contribution in [0.15, 0.2) is 216 Å². The number of anilines is 9. The van der Waals surface area contributed by atoms with Crippen molar-refractivity contribution < 1.29 is 4.42 Å². The minimum atomic E-state index is 0.351. The molecule has 0 saturated heterocycles. The maximum absolute atomic E-state index is 5.64. The Morgan fingerprint density at radius 1 is 0.259 bits per heavy atom. The summed E-state index contributed by atoms with van der Waals surface area (Å²) >= 11 is 11.8. The quantitative estimate of drug-likeness (QED) is 0.0385. The van der Waals surface area contributed by atoms with E-state index in [1.54, 1.807) is 99.5 Å². The lowest BCUT2D eigenvalue weighted by Crippen LogP contribution is -1.92.